The van der Waals surface area contributed by atoms with Crippen molar-refractivity contribution < 1.29 is 22.7 Å². The van der Waals surface area contributed by atoms with Gasteiger partial charge in [0.2, 0.25) is 0 Å². The smallest absolute Gasteiger partial charge is 0.294 e. The molecule has 0 aliphatic carbocycles. The van der Waals surface area contributed by atoms with Gasteiger partial charge in [-0.1, -0.05) is 32.4 Å². The van der Waals surface area contributed by atoms with E-state index in [1.165, 1.54) is 12.1 Å². The standard InChI is InChI=1S/C12H16O4S.CH3NO2/c1-8-5-6-10(17(14,15)16)9(7-8)11(13)12(2,3)4;1-2(3)4/h5-7H,1-4H3,(H,14,15,16);1H3. The highest BCUT2D eigenvalue weighted by Crippen LogP contribution is 2.26. The lowest BCUT2D eigenvalue weighted by atomic mass is 9.86. The van der Waals surface area contributed by atoms with Crippen LogP contribution in [0.25, 0.3) is 0 Å². The Hall–Kier alpha value is -1.80. The maximum absolute atomic E-state index is 12.1. The molecule has 0 saturated carbocycles. The van der Waals surface area contributed by atoms with Crippen molar-refractivity contribution in [3.05, 3.63) is 39.4 Å². The topological polar surface area (TPSA) is 115 Å². The number of nitro groups is 1. The first-order valence-electron chi connectivity index (χ1n) is 5.97. The molecule has 0 unspecified atom stereocenters. The molecule has 0 aliphatic rings. The maximum Gasteiger partial charge on any atom is 0.295 e. The van der Waals surface area contributed by atoms with Crippen LogP contribution in [0.4, 0.5) is 0 Å². The molecule has 1 N–H and O–H groups in total. The second kappa shape index (κ2) is 6.77. The predicted octanol–water partition coefficient (Wildman–Crippen LogP) is 2.36. The van der Waals surface area contributed by atoms with Crippen molar-refractivity contribution in [3.63, 3.8) is 0 Å². The first kappa shape index (κ1) is 19.2. The van der Waals surface area contributed by atoms with Gasteiger partial charge in [-0.05, 0) is 19.1 Å². The molecule has 0 bridgehead atoms. The molecule has 1 aromatic rings. The monoisotopic (exact) mass is 317 g/mol. The minimum atomic E-state index is -4.38. The molecule has 0 aromatic heterocycles. The molecule has 0 amide bonds. The van der Waals surface area contributed by atoms with Gasteiger partial charge in [-0.3, -0.25) is 19.5 Å². The Morgan fingerprint density at radius 1 is 1.29 bits per heavy atom. The highest BCUT2D eigenvalue weighted by Gasteiger charge is 2.28. The molecule has 0 radical (unpaired) electrons. The van der Waals surface area contributed by atoms with Gasteiger partial charge in [-0.15, -0.1) is 0 Å². The average Bonchev–Trinajstić information content (AvgIpc) is 2.24. The van der Waals surface area contributed by atoms with Gasteiger partial charge in [0.15, 0.2) is 12.8 Å². The molecule has 1 aromatic carbocycles. The largest absolute Gasteiger partial charge is 0.295 e. The molecule has 0 fully saturated rings. The van der Waals surface area contributed by atoms with Crippen LogP contribution in [0.3, 0.4) is 0 Å². The van der Waals surface area contributed by atoms with E-state index in [0.717, 1.165) is 12.6 Å². The summed E-state index contributed by atoms with van der Waals surface area (Å²) < 4.78 is 31.5. The highest BCUT2D eigenvalue weighted by molar-refractivity contribution is 7.86. The molecule has 0 aliphatic heterocycles. The van der Waals surface area contributed by atoms with Gasteiger partial charge in [-0.25, -0.2) is 0 Å². The zero-order valence-corrected chi connectivity index (χ0v) is 13.4. The van der Waals surface area contributed by atoms with Gasteiger partial charge < -0.3 is 0 Å². The number of carbonyl (C=O) groups is 1. The fraction of sp³-hybridized carbons (Fsp3) is 0.462. The lowest BCUT2D eigenvalue weighted by Gasteiger charge is -2.18. The van der Waals surface area contributed by atoms with Crippen LogP contribution in [0, 0.1) is 22.5 Å². The highest BCUT2D eigenvalue weighted by atomic mass is 32.2. The van der Waals surface area contributed by atoms with Crippen LogP contribution in [0.5, 0.6) is 0 Å². The second-order valence-corrected chi connectivity index (χ2v) is 6.88. The molecular weight excluding hydrogens is 298 g/mol. The molecule has 8 heteroatoms. The minimum absolute atomic E-state index is 0.0417. The van der Waals surface area contributed by atoms with Crippen molar-refractivity contribution in [3.8, 4) is 0 Å². The summed E-state index contributed by atoms with van der Waals surface area (Å²) in [6.07, 6.45) is 0. The van der Waals surface area contributed by atoms with E-state index in [1.54, 1.807) is 33.8 Å². The molecule has 0 heterocycles. The number of hydrogen-bond acceptors (Lipinski definition) is 5. The van der Waals surface area contributed by atoms with E-state index < -0.39 is 20.5 Å². The average molecular weight is 317 g/mol. The second-order valence-electron chi connectivity index (χ2n) is 5.49. The fourth-order valence-electron chi connectivity index (χ4n) is 1.45. The van der Waals surface area contributed by atoms with E-state index in [1.807, 2.05) is 0 Å². The molecule has 0 atom stereocenters. The van der Waals surface area contributed by atoms with E-state index in [9.17, 15) is 13.2 Å². The summed E-state index contributed by atoms with van der Waals surface area (Å²) in [5, 5.41) is 8.81. The third-order valence-electron chi connectivity index (χ3n) is 2.34. The van der Waals surface area contributed by atoms with Gasteiger partial charge in [0.05, 0.1) is 0 Å². The molecule has 0 spiro atoms. The Morgan fingerprint density at radius 3 is 2.05 bits per heavy atom. The summed E-state index contributed by atoms with van der Waals surface area (Å²) in [7, 11) is -3.49. The Kier molecular flexibility index (Phi) is 6.19. The van der Waals surface area contributed by atoms with Gasteiger partial charge in [0, 0.05) is 15.9 Å². The summed E-state index contributed by atoms with van der Waals surface area (Å²) in [5.41, 5.74) is 0.109. The normalized spacial score (nSPS) is 11.3. The van der Waals surface area contributed by atoms with Gasteiger partial charge in [0.25, 0.3) is 10.1 Å². The van der Waals surface area contributed by atoms with Crippen LogP contribution < -0.4 is 0 Å². The summed E-state index contributed by atoms with van der Waals surface area (Å²) in [5.74, 6) is -0.311. The van der Waals surface area contributed by atoms with Crippen molar-refractivity contribution in [2.45, 2.75) is 32.6 Å². The van der Waals surface area contributed by atoms with Crippen LogP contribution in [-0.2, 0) is 10.1 Å². The molecule has 7 nitrogen and oxygen atoms in total. The van der Waals surface area contributed by atoms with Gasteiger partial charge in [-0.2, -0.15) is 8.42 Å². The quantitative estimate of drug-likeness (QED) is 0.387. The number of rotatable bonds is 2. The van der Waals surface area contributed by atoms with Crippen LogP contribution in [0.15, 0.2) is 23.1 Å². The summed E-state index contributed by atoms with van der Waals surface area (Å²) in [6, 6.07) is 4.28. The van der Waals surface area contributed by atoms with E-state index in [-0.39, 0.29) is 16.2 Å². The lowest BCUT2D eigenvalue weighted by molar-refractivity contribution is -0.445. The van der Waals surface area contributed by atoms with Crippen LogP contribution in [-0.4, -0.2) is 30.7 Å². The van der Waals surface area contributed by atoms with E-state index in [4.69, 9.17) is 14.7 Å². The first-order valence-corrected chi connectivity index (χ1v) is 7.41. The van der Waals surface area contributed by atoms with Crippen LogP contribution in [0.1, 0.15) is 36.7 Å². The first-order chi connectivity index (χ1) is 9.26. The lowest BCUT2D eigenvalue weighted by Crippen LogP contribution is -2.22. The molecule has 0 saturated heterocycles. The van der Waals surface area contributed by atoms with Gasteiger partial charge >= 0.3 is 0 Å². The number of carbonyl (C=O) groups excluding carboxylic acids is 1. The number of hydrogen-bond donors (Lipinski definition) is 1. The number of ketones is 1. The number of aryl methyl sites for hydroxylation is 1. The number of benzene rings is 1. The number of Topliss-reactive ketones (excluding diaryl/α,β-unsaturated/α-hetero) is 1. The van der Waals surface area contributed by atoms with E-state index >= 15 is 0 Å². The molecule has 118 valence electrons. The minimum Gasteiger partial charge on any atom is -0.294 e. The van der Waals surface area contributed by atoms with Crippen molar-refractivity contribution >= 4 is 15.9 Å². The third kappa shape index (κ3) is 6.46. The van der Waals surface area contributed by atoms with E-state index in [0.29, 0.717) is 0 Å². The zero-order chi connectivity index (χ0) is 17.0. The van der Waals surface area contributed by atoms with Crippen molar-refractivity contribution in [1.29, 1.82) is 0 Å². The number of nitrogens with zero attached hydrogens (tertiary/aromatic N) is 1. The van der Waals surface area contributed by atoms with E-state index in [2.05, 4.69) is 0 Å². The maximum atomic E-state index is 12.1. The molecular formula is C13H19NO6S. The third-order valence-corrected chi connectivity index (χ3v) is 3.25. The van der Waals surface area contributed by atoms with Gasteiger partial charge in [0.1, 0.15) is 4.90 Å². The Bertz CT molecular complexity index is 639. The fourth-order valence-corrected chi connectivity index (χ4v) is 2.12. The van der Waals surface area contributed by atoms with Crippen molar-refractivity contribution in [1.82, 2.24) is 0 Å². The van der Waals surface area contributed by atoms with Crippen LogP contribution >= 0.6 is 0 Å². The summed E-state index contributed by atoms with van der Waals surface area (Å²) in [6.45, 7) is 6.86. The Labute approximate surface area is 123 Å². The SMILES string of the molecule is C[N+](=O)[O-].Cc1ccc(S(=O)(=O)O)c(C(=O)C(C)(C)C)c1. The predicted molar refractivity (Wildman–Crippen MR) is 77.7 cm³/mol. The Balaban J connectivity index is 0.000000885. The zero-order valence-electron chi connectivity index (χ0n) is 12.6. The molecule has 21 heavy (non-hydrogen) atoms. The summed E-state index contributed by atoms with van der Waals surface area (Å²) >= 11 is 0. The molecule has 1 rings (SSSR count). The van der Waals surface area contributed by atoms with Crippen LogP contribution in [0.2, 0.25) is 0 Å². The Morgan fingerprint density at radius 2 is 1.71 bits per heavy atom. The van der Waals surface area contributed by atoms with Crippen molar-refractivity contribution in [2.24, 2.45) is 5.41 Å². The van der Waals surface area contributed by atoms with Crippen molar-refractivity contribution in [2.75, 3.05) is 7.05 Å². The summed E-state index contributed by atoms with van der Waals surface area (Å²) in [4.78, 5) is 20.1.